The summed E-state index contributed by atoms with van der Waals surface area (Å²) in [6, 6.07) is 9.81. The van der Waals surface area contributed by atoms with E-state index in [1.165, 1.54) is 0 Å². The van der Waals surface area contributed by atoms with Gasteiger partial charge < -0.3 is 5.32 Å². The summed E-state index contributed by atoms with van der Waals surface area (Å²) in [5.41, 5.74) is 2.76. The molecule has 2 aromatic heterocycles. The summed E-state index contributed by atoms with van der Waals surface area (Å²) in [7, 11) is 0. The number of para-hydroxylation sites is 2. The third-order valence-electron chi connectivity index (χ3n) is 2.94. The molecule has 0 amide bonds. The van der Waals surface area contributed by atoms with Crippen molar-refractivity contribution in [2.45, 2.75) is 13.5 Å². The number of fused-ring (bicyclic) bond motifs is 1. The van der Waals surface area contributed by atoms with Gasteiger partial charge >= 0.3 is 0 Å². The molecule has 5 nitrogen and oxygen atoms in total. The molecule has 3 rings (SSSR count). The molecule has 0 aliphatic carbocycles. The van der Waals surface area contributed by atoms with Crippen LogP contribution in [0.4, 0.5) is 5.82 Å². The molecule has 0 saturated carbocycles. The molecule has 0 fully saturated rings. The lowest BCUT2D eigenvalue weighted by Crippen LogP contribution is -2.13. The topological polar surface area (TPSA) is 55.6 Å². The highest BCUT2D eigenvalue weighted by molar-refractivity contribution is 5.76. The van der Waals surface area contributed by atoms with Crippen molar-refractivity contribution in [1.82, 2.24) is 19.7 Å². The van der Waals surface area contributed by atoms with Crippen LogP contribution in [-0.4, -0.2) is 26.3 Å². The lowest BCUT2D eigenvalue weighted by atomic mass is 10.3. The zero-order chi connectivity index (χ0) is 13.1. The SMILES string of the molecule is Cc1nc2ccccc2nc1NCCn1cccn1. The largest absolute Gasteiger partial charge is 0.367 e. The van der Waals surface area contributed by atoms with Crippen molar-refractivity contribution in [3.8, 4) is 0 Å². The maximum absolute atomic E-state index is 4.59. The number of hydrogen-bond donors (Lipinski definition) is 1. The summed E-state index contributed by atoms with van der Waals surface area (Å²) in [6.45, 7) is 3.55. The van der Waals surface area contributed by atoms with Gasteiger partial charge in [0.25, 0.3) is 0 Å². The van der Waals surface area contributed by atoms with E-state index in [0.29, 0.717) is 0 Å². The van der Waals surface area contributed by atoms with Gasteiger partial charge in [-0.05, 0) is 25.1 Å². The van der Waals surface area contributed by atoms with Crippen LogP contribution in [0.15, 0.2) is 42.7 Å². The van der Waals surface area contributed by atoms with Gasteiger partial charge in [0, 0.05) is 18.9 Å². The highest BCUT2D eigenvalue weighted by atomic mass is 15.3. The molecule has 0 radical (unpaired) electrons. The number of aryl methyl sites for hydroxylation is 1. The van der Waals surface area contributed by atoms with Crippen molar-refractivity contribution >= 4 is 16.9 Å². The van der Waals surface area contributed by atoms with Gasteiger partial charge in [-0.15, -0.1) is 0 Å². The molecule has 1 N–H and O–H groups in total. The highest BCUT2D eigenvalue weighted by Crippen LogP contribution is 2.15. The maximum Gasteiger partial charge on any atom is 0.148 e. The average Bonchev–Trinajstić information content (AvgIpc) is 2.92. The van der Waals surface area contributed by atoms with E-state index in [4.69, 9.17) is 0 Å². The van der Waals surface area contributed by atoms with Crippen LogP contribution in [0.5, 0.6) is 0 Å². The number of nitrogens with one attached hydrogen (secondary N) is 1. The highest BCUT2D eigenvalue weighted by Gasteiger charge is 2.03. The van der Waals surface area contributed by atoms with Crippen molar-refractivity contribution in [2.75, 3.05) is 11.9 Å². The minimum Gasteiger partial charge on any atom is -0.367 e. The van der Waals surface area contributed by atoms with Gasteiger partial charge in [0.1, 0.15) is 5.82 Å². The van der Waals surface area contributed by atoms with Crippen LogP contribution in [0, 0.1) is 6.92 Å². The molecule has 0 spiro atoms. The van der Waals surface area contributed by atoms with Crippen LogP contribution in [0.25, 0.3) is 11.0 Å². The second-order valence-corrected chi connectivity index (χ2v) is 4.34. The van der Waals surface area contributed by atoms with Crippen LogP contribution in [0.3, 0.4) is 0 Å². The van der Waals surface area contributed by atoms with Gasteiger partial charge in [0.2, 0.25) is 0 Å². The molecule has 0 bridgehead atoms. The van der Waals surface area contributed by atoms with Crippen molar-refractivity contribution in [3.05, 3.63) is 48.4 Å². The Morgan fingerprint density at radius 1 is 1.11 bits per heavy atom. The molecular formula is C14H15N5. The Morgan fingerprint density at radius 2 is 1.89 bits per heavy atom. The summed E-state index contributed by atoms with van der Waals surface area (Å²) in [6.07, 6.45) is 3.72. The number of anilines is 1. The number of hydrogen-bond acceptors (Lipinski definition) is 4. The Kier molecular flexibility index (Phi) is 3.10. The minimum atomic E-state index is 0.773. The summed E-state index contributed by atoms with van der Waals surface area (Å²) >= 11 is 0. The number of benzene rings is 1. The predicted molar refractivity (Wildman–Crippen MR) is 75.0 cm³/mol. The van der Waals surface area contributed by atoms with Crippen molar-refractivity contribution in [3.63, 3.8) is 0 Å². The Hall–Kier alpha value is -2.43. The van der Waals surface area contributed by atoms with Gasteiger partial charge in [-0.2, -0.15) is 5.10 Å². The molecule has 2 heterocycles. The third-order valence-corrected chi connectivity index (χ3v) is 2.94. The summed E-state index contributed by atoms with van der Waals surface area (Å²) in [5, 5.41) is 7.47. The van der Waals surface area contributed by atoms with E-state index < -0.39 is 0 Å². The van der Waals surface area contributed by atoms with Crippen molar-refractivity contribution in [2.24, 2.45) is 0 Å². The standard InChI is InChI=1S/C14H15N5/c1-11-14(15-8-10-19-9-4-7-16-19)18-13-6-3-2-5-12(13)17-11/h2-7,9H,8,10H2,1H3,(H,15,18). The fraction of sp³-hybridized carbons (Fsp3) is 0.214. The Labute approximate surface area is 111 Å². The summed E-state index contributed by atoms with van der Waals surface area (Å²) in [5.74, 6) is 0.839. The second kappa shape index (κ2) is 5.06. The summed E-state index contributed by atoms with van der Waals surface area (Å²) in [4.78, 5) is 9.13. The van der Waals surface area contributed by atoms with E-state index in [1.54, 1.807) is 6.20 Å². The van der Waals surface area contributed by atoms with E-state index in [0.717, 1.165) is 35.6 Å². The van der Waals surface area contributed by atoms with Gasteiger partial charge in [0.05, 0.1) is 23.3 Å². The molecule has 3 aromatic rings. The first-order chi connectivity index (χ1) is 9.33. The van der Waals surface area contributed by atoms with Crippen LogP contribution in [0.1, 0.15) is 5.69 Å². The fourth-order valence-corrected chi connectivity index (χ4v) is 1.98. The molecule has 0 aliphatic rings. The number of aromatic nitrogens is 4. The smallest absolute Gasteiger partial charge is 0.148 e. The zero-order valence-electron chi connectivity index (χ0n) is 10.7. The van der Waals surface area contributed by atoms with Gasteiger partial charge in [-0.1, -0.05) is 12.1 Å². The Morgan fingerprint density at radius 3 is 2.63 bits per heavy atom. The third kappa shape index (κ3) is 2.54. The first-order valence-electron chi connectivity index (χ1n) is 6.27. The number of nitrogens with zero attached hydrogens (tertiary/aromatic N) is 4. The molecule has 0 saturated heterocycles. The Bertz CT molecular complexity index is 675. The molecule has 0 atom stereocenters. The van der Waals surface area contributed by atoms with E-state index in [9.17, 15) is 0 Å². The molecule has 1 aromatic carbocycles. The lowest BCUT2D eigenvalue weighted by Gasteiger charge is -2.09. The fourth-order valence-electron chi connectivity index (χ4n) is 1.98. The zero-order valence-corrected chi connectivity index (χ0v) is 10.7. The monoisotopic (exact) mass is 253 g/mol. The average molecular weight is 253 g/mol. The first kappa shape index (κ1) is 11.6. The molecule has 19 heavy (non-hydrogen) atoms. The quantitative estimate of drug-likeness (QED) is 0.774. The van der Waals surface area contributed by atoms with E-state index in [2.05, 4.69) is 20.4 Å². The Balaban J connectivity index is 1.75. The molecule has 0 unspecified atom stereocenters. The molecule has 0 aliphatic heterocycles. The van der Waals surface area contributed by atoms with Crippen LogP contribution in [0.2, 0.25) is 0 Å². The summed E-state index contributed by atoms with van der Waals surface area (Å²) < 4.78 is 1.89. The van der Waals surface area contributed by atoms with E-state index in [1.807, 2.05) is 48.1 Å². The van der Waals surface area contributed by atoms with Gasteiger partial charge in [0.15, 0.2) is 0 Å². The molecule has 96 valence electrons. The molecule has 5 heteroatoms. The maximum atomic E-state index is 4.59. The second-order valence-electron chi connectivity index (χ2n) is 4.34. The van der Waals surface area contributed by atoms with E-state index >= 15 is 0 Å². The lowest BCUT2D eigenvalue weighted by molar-refractivity contribution is 0.637. The van der Waals surface area contributed by atoms with Crippen molar-refractivity contribution in [1.29, 1.82) is 0 Å². The first-order valence-corrected chi connectivity index (χ1v) is 6.27. The van der Waals surface area contributed by atoms with Crippen LogP contribution in [-0.2, 0) is 6.54 Å². The van der Waals surface area contributed by atoms with Crippen LogP contribution < -0.4 is 5.32 Å². The number of rotatable bonds is 4. The normalized spacial score (nSPS) is 10.8. The van der Waals surface area contributed by atoms with Gasteiger partial charge in [-0.3, -0.25) is 4.68 Å². The van der Waals surface area contributed by atoms with E-state index in [-0.39, 0.29) is 0 Å². The van der Waals surface area contributed by atoms with Crippen molar-refractivity contribution < 1.29 is 0 Å². The van der Waals surface area contributed by atoms with Crippen LogP contribution >= 0.6 is 0 Å². The molecular weight excluding hydrogens is 238 g/mol. The van der Waals surface area contributed by atoms with Gasteiger partial charge in [-0.25, -0.2) is 9.97 Å². The predicted octanol–water partition coefficient (Wildman–Crippen LogP) is 2.25. The minimum absolute atomic E-state index is 0.773.